The van der Waals surface area contributed by atoms with E-state index in [0.29, 0.717) is 11.1 Å². The summed E-state index contributed by atoms with van der Waals surface area (Å²) in [5, 5.41) is 91.8. The molecular formula is C36H32O14. The molecule has 2 heterocycles. The van der Waals surface area contributed by atoms with E-state index in [1.165, 1.54) is 66.7 Å². The summed E-state index contributed by atoms with van der Waals surface area (Å²) in [6.07, 6.45) is -6.57. The number of hydrogen-bond donors (Lipinski definition) is 9. The number of carbonyl (C=O) groups is 2. The smallest absolute Gasteiger partial charge is 0.229 e. The van der Waals surface area contributed by atoms with Gasteiger partial charge in [-0.2, -0.15) is 0 Å². The average Bonchev–Trinajstić information content (AvgIpc) is 3.08. The Bertz CT molecular complexity index is 1950. The Labute approximate surface area is 283 Å². The molecule has 5 unspecified atom stereocenters. The number of aliphatic hydroxyl groups is 4. The van der Waals surface area contributed by atoms with Crippen molar-refractivity contribution in [3.8, 4) is 40.2 Å². The maximum absolute atomic E-state index is 14.3. The summed E-state index contributed by atoms with van der Waals surface area (Å²) < 4.78 is 17.3. The molecule has 1 saturated heterocycles. The fraction of sp³-hybridized carbons (Fsp3) is 0.222. The van der Waals surface area contributed by atoms with E-state index in [1.54, 1.807) is 0 Å². The van der Waals surface area contributed by atoms with E-state index >= 15 is 0 Å². The van der Waals surface area contributed by atoms with Gasteiger partial charge >= 0.3 is 0 Å². The van der Waals surface area contributed by atoms with Crippen molar-refractivity contribution in [2.45, 2.75) is 42.7 Å². The summed E-state index contributed by atoms with van der Waals surface area (Å²) >= 11 is 0. The fourth-order valence-corrected chi connectivity index (χ4v) is 5.93. The molecule has 0 bridgehead atoms. The van der Waals surface area contributed by atoms with Crippen LogP contribution in [0.1, 0.15) is 49.4 Å². The van der Waals surface area contributed by atoms with Crippen LogP contribution in [0.5, 0.6) is 40.2 Å². The van der Waals surface area contributed by atoms with Gasteiger partial charge < -0.3 is 60.2 Å². The molecule has 2 aliphatic heterocycles. The molecule has 0 amide bonds. The Balaban J connectivity index is 1.36. The van der Waals surface area contributed by atoms with Gasteiger partial charge in [-0.05, 0) is 53.6 Å². The lowest BCUT2D eigenvalue weighted by molar-refractivity contribution is -0.277. The van der Waals surface area contributed by atoms with E-state index in [-0.39, 0.29) is 45.4 Å². The monoisotopic (exact) mass is 688 g/mol. The van der Waals surface area contributed by atoms with E-state index in [9.17, 15) is 55.5 Å². The summed E-state index contributed by atoms with van der Waals surface area (Å²) in [5.74, 6) is -4.48. The van der Waals surface area contributed by atoms with Gasteiger partial charge in [0.05, 0.1) is 18.1 Å². The molecule has 0 saturated carbocycles. The van der Waals surface area contributed by atoms with Gasteiger partial charge in [0.15, 0.2) is 11.6 Å². The molecule has 0 radical (unpaired) electrons. The van der Waals surface area contributed by atoms with E-state index in [0.717, 1.165) is 18.2 Å². The van der Waals surface area contributed by atoms with Crippen molar-refractivity contribution in [2.24, 2.45) is 0 Å². The third kappa shape index (κ3) is 6.53. The highest BCUT2D eigenvalue weighted by Gasteiger charge is 2.46. The number of hydrogen-bond acceptors (Lipinski definition) is 14. The molecule has 14 nitrogen and oxygen atoms in total. The zero-order valence-electron chi connectivity index (χ0n) is 25.9. The van der Waals surface area contributed by atoms with Crippen LogP contribution >= 0.6 is 0 Å². The number of benzene rings is 4. The zero-order valence-corrected chi connectivity index (χ0v) is 25.9. The second kappa shape index (κ2) is 13.7. The van der Waals surface area contributed by atoms with Crippen molar-refractivity contribution in [3.05, 3.63) is 107 Å². The molecule has 50 heavy (non-hydrogen) atoms. The molecule has 2 aliphatic rings. The number of ketones is 2. The van der Waals surface area contributed by atoms with Crippen LogP contribution in [0.4, 0.5) is 0 Å². The maximum Gasteiger partial charge on any atom is 0.229 e. The van der Waals surface area contributed by atoms with E-state index in [2.05, 4.69) is 0 Å². The molecule has 9 N–H and O–H groups in total. The second-order valence-corrected chi connectivity index (χ2v) is 11.8. The summed E-state index contributed by atoms with van der Waals surface area (Å²) in [7, 11) is 0. The van der Waals surface area contributed by atoms with Gasteiger partial charge in [0.2, 0.25) is 6.29 Å². The number of carbonyl (C=O) groups excluding carboxylic acids is 2. The van der Waals surface area contributed by atoms with Gasteiger partial charge in [-0.15, -0.1) is 0 Å². The molecule has 4 aromatic carbocycles. The molecule has 1 fully saturated rings. The first kappa shape index (κ1) is 34.2. The van der Waals surface area contributed by atoms with Gasteiger partial charge in [-0.1, -0.05) is 24.3 Å². The van der Waals surface area contributed by atoms with Crippen molar-refractivity contribution < 1.29 is 69.8 Å². The number of rotatable bonds is 8. The number of fused-ring (bicyclic) bond motifs is 1. The van der Waals surface area contributed by atoms with Crippen LogP contribution in [0.25, 0.3) is 6.08 Å². The van der Waals surface area contributed by atoms with Gasteiger partial charge in [-0.3, -0.25) is 9.59 Å². The first-order valence-electron chi connectivity index (χ1n) is 15.3. The Morgan fingerprint density at radius 2 is 1.50 bits per heavy atom. The SMILES string of the molecule is O=C(/C=C/c1ccc(O)c([C@H]2C(=O)c3c(O)cc(OC4OC(CO)C(O)C(O)C4O)cc3O[C@@H]2c2ccc(O)cc2)c1)c1ccc(O)cc1O. The number of ether oxygens (including phenoxy) is 3. The standard InChI is InChI=1S/C36H32O14/c37-15-28-31(44)33(46)34(47)36(50-28)48-20-13-26(43)30-27(14-20)49-35(17-3-5-18(38)6-4-17)29(32(30)45)22-11-16(2-10-24(22)41)1-9-23(40)21-8-7-19(39)12-25(21)42/h1-14,28-29,31,33-39,41-44,46-47H,15H2/b9-1+/t28?,29-,31?,33?,34?,35+,36?/m0/s1. The minimum absolute atomic E-state index is 0.0664. The third-order valence-corrected chi connectivity index (χ3v) is 8.52. The van der Waals surface area contributed by atoms with Crippen molar-refractivity contribution >= 4 is 17.6 Å². The summed E-state index contributed by atoms with van der Waals surface area (Å²) in [4.78, 5) is 27.0. The predicted molar refractivity (Wildman–Crippen MR) is 172 cm³/mol. The third-order valence-electron chi connectivity index (χ3n) is 8.52. The minimum atomic E-state index is -1.76. The van der Waals surface area contributed by atoms with Crippen LogP contribution in [0, 0.1) is 0 Å². The largest absolute Gasteiger partial charge is 0.508 e. The predicted octanol–water partition coefficient (Wildman–Crippen LogP) is 2.39. The van der Waals surface area contributed by atoms with Crippen molar-refractivity contribution in [1.82, 2.24) is 0 Å². The highest BCUT2D eigenvalue weighted by molar-refractivity contribution is 6.09. The molecule has 0 aromatic heterocycles. The number of phenols is 5. The van der Waals surface area contributed by atoms with E-state index < -0.39 is 72.4 Å². The summed E-state index contributed by atoms with van der Waals surface area (Å²) in [5.41, 5.74) is 0.500. The van der Waals surface area contributed by atoms with Gasteiger partial charge in [0.25, 0.3) is 0 Å². The molecule has 4 aromatic rings. The first-order valence-corrected chi connectivity index (χ1v) is 15.3. The lowest BCUT2D eigenvalue weighted by Gasteiger charge is -2.39. The summed E-state index contributed by atoms with van der Waals surface area (Å²) in [6, 6.07) is 15.8. The van der Waals surface area contributed by atoms with Gasteiger partial charge in [0, 0.05) is 23.8 Å². The van der Waals surface area contributed by atoms with Crippen LogP contribution in [0.3, 0.4) is 0 Å². The van der Waals surface area contributed by atoms with Crippen molar-refractivity contribution in [1.29, 1.82) is 0 Å². The lowest BCUT2D eigenvalue weighted by atomic mass is 9.80. The highest BCUT2D eigenvalue weighted by atomic mass is 16.7. The number of allylic oxidation sites excluding steroid dienone is 1. The van der Waals surface area contributed by atoms with Crippen LogP contribution in [0.15, 0.2) is 78.9 Å². The van der Waals surface area contributed by atoms with Gasteiger partial charge in [-0.25, -0.2) is 0 Å². The number of aromatic hydroxyl groups is 5. The fourth-order valence-electron chi connectivity index (χ4n) is 5.93. The molecule has 0 aliphatic carbocycles. The topological polar surface area (TPSA) is 244 Å². The Kier molecular flexibility index (Phi) is 9.38. The highest BCUT2D eigenvalue weighted by Crippen LogP contribution is 2.50. The van der Waals surface area contributed by atoms with Gasteiger partial charge in [0.1, 0.15) is 76.3 Å². The molecular weight excluding hydrogens is 656 g/mol. The Hall–Kier alpha value is -5.64. The van der Waals surface area contributed by atoms with Crippen LogP contribution in [0.2, 0.25) is 0 Å². The number of phenolic OH excluding ortho intramolecular Hbond substituents is 5. The quantitative estimate of drug-likeness (QED) is 0.0954. The van der Waals surface area contributed by atoms with Crippen LogP contribution in [-0.2, 0) is 4.74 Å². The molecule has 260 valence electrons. The van der Waals surface area contributed by atoms with Crippen LogP contribution < -0.4 is 9.47 Å². The summed E-state index contributed by atoms with van der Waals surface area (Å²) in [6.45, 7) is -0.699. The van der Waals surface area contributed by atoms with E-state index in [4.69, 9.17) is 14.2 Å². The number of aliphatic hydroxyl groups excluding tert-OH is 4. The lowest BCUT2D eigenvalue weighted by Crippen LogP contribution is -2.60. The molecule has 6 rings (SSSR count). The maximum atomic E-state index is 14.3. The first-order chi connectivity index (χ1) is 23.9. The normalized spacial score (nSPS) is 24.8. The molecule has 14 heteroatoms. The molecule has 0 spiro atoms. The minimum Gasteiger partial charge on any atom is -0.508 e. The Morgan fingerprint density at radius 3 is 2.20 bits per heavy atom. The van der Waals surface area contributed by atoms with E-state index in [1.807, 2.05) is 0 Å². The van der Waals surface area contributed by atoms with Crippen molar-refractivity contribution in [2.75, 3.05) is 6.61 Å². The molecule has 7 atom stereocenters. The number of Topliss-reactive ketones (excluding diaryl/α,β-unsaturated/α-hetero) is 1. The zero-order chi connectivity index (χ0) is 35.9. The van der Waals surface area contributed by atoms with Crippen molar-refractivity contribution in [3.63, 3.8) is 0 Å². The van der Waals surface area contributed by atoms with Crippen LogP contribution in [-0.4, -0.2) is 94.8 Å². The average molecular weight is 689 g/mol. The Morgan fingerprint density at radius 1 is 0.780 bits per heavy atom. The second-order valence-electron chi connectivity index (χ2n) is 11.8.